The smallest absolute Gasteiger partial charge is 0.265 e. The van der Waals surface area contributed by atoms with Gasteiger partial charge < -0.3 is 4.74 Å². The largest absolute Gasteiger partial charge is 0.380 e. The summed E-state index contributed by atoms with van der Waals surface area (Å²) in [4.78, 5) is 0.126. The quantitative estimate of drug-likeness (QED) is 0.858. The van der Waals surface area contributed by atoms with Gasteiger partial charge in [0.1, 0.15) is 4.90 Å². The molecular formula is C12H14BrN3O3S. The minimum Gasteiger partial charge on any atom is -0.380 e. The zero-order chi connectivity index (χ0) is 14.8. The molecule has 0 aliphatic carbocycles. The van der Waals surface area contributed by atoms with Crippen molar-refractivity contribution in [2.75, 3.05) is 11.8 Å². The van der Waals surface area contributed by atoms with Gasteiger partial charge in [-0.1, -0.05) is 22.0 Å². The number of nitrogens with zero attached hydrogens (tertiary/aromatic N) is 1. The van der Waals surface area contributed by atoms with Crippen LogP contribution in [0.5, 0.6) is 0 Å². The number of ether oxygens (including phenoxy) is 1. The van der Waals surface area contributed by atoms with Crippen molar-refractivity contribution in [3.63, 3.8) is 0 Å². The van der Waals surface area contributed by atoms with Crippen LogP contribution in [0.4, 0.5) is 5.69 Å². The van der Waals surface area contributed by atoms with E-state index in [1.807, 2.05) is 6.07 Å². The number of sulfonamides is 1. The third-order valence-corrected chi connectivity index (χ3v) is 4.95. The maximum absolute atomic E-state index is 12.3. The molecule has 0 saturated carbocycles. The SMILES string of the molecule is COCc1c(Br)cccc1NS(=O)(=O)c1cn[nH]c1C. The number of aryl methyl sites for hydroxylation is 1. The van der Waals surface area contributed by atoms with E-state index in [0.29, 0.717) is 18.0 Å². The van der Waals surface area contributed by atoms with Gasteiger partial charge in [-0.15, -0.1) is 0 Å². The number of rotatable bonds is 5. The van der Waals surface area contributed by atoms with Gasteiger partial charge in [-0.05, 0) is 19.1 Å². The Morgan fingerprint density at radius 3 is 2.80 bits per heavy atom. The highest BCUT2D eigenvalue weighted by atomic mass is 79.9. The Morgan fingerprint density at radius 2 is 2.20 bits per heavy atom. The molecule has 0 aliphatic heterocycles. The van der Waals surface area contributed by atoms with Gasteiger partial charge in [0.05, 0.1) is 24.2 Å². The van der Waals surface area contributed by atoms with Crippen molar-refractivity contribution < 1.29 is 13.2 Å². The van der Waals surface area contributed by atoms with E-state index in [9.17, 15) is 8.42 Å². The van der Waals surface area contributed by atoms with Gasteiger partial charge >= 0.3 is 0 Å². The van der Waals surface area contributed by atoms with Gasteiger partial charge in [-0.3, -0.25) is 9.82 Å². The Morgan fingerprint density at radius 1 is 1.45 bits per heavy atom. The summed E-state index contributed by atoms with van der Waals surface area (Å²) < 4.78 is 33.1. The molecule has 20 heavy (non-hydrogen) atoms. The zero-order valence-corrected chi connectivity index (χ0v) is 13.4. The standard InChI is InChI=1S/C12H14BrN3O3S/c1-8-12(6-14-15-8)20(17,18)16-11-5-3-4-10(13)9(11)7-19-2/h3-6,16H,7H2,1-2H3,(H,14,15). The van der Waals surface area contributed by atoms with E-state index in [4.69, 9.17) is 4.74 Å². The lowest BCUT2D eigenvalue weighted by Crippen LogP contribution is -2.15. The fourth-order valence-electron chi connectivity index (χ4n) is 1.76. The summed E-state index contributed by atoms with van der Waals surface area (Å²) in [6.07, 6.45) is 1.28. The first-order valence-corrected chi connectivity index (χ1v) is 8.02. The van der Waals surface area contributed by atoms with Gasteiger partial charge in [0.15, 0.2) is 0 Å². The molecule has 0 spiro atoms. The maximum Gasteiger partial charge on any atom is 0.265 e. The van der Waals surface area contributed by atoms with E-state index in [2.05, 4.69) is 30.8 Å². The predicted octanol–water partition coefficient (Wildman–Crippen LogP) is 2.43. The molecule has 6 nitrogen and oxygen atoms in total. The van der Waals surface area contributed by atoms with Gasteiger partial charge in [-0.2, -0.15) is 5.10 Å². The first-order valence-electron chi connectivity index (χ1n) is 5.75. The topological polar surface area (TPSA) is 84.1 Å². The van der Waals surface area contributed by atoms with E-state index >= 15 is 0 Å². The van der Waals surface area contributed by atoms with Crippen LogP contribution in [0.3, 0.4) is 0 Å². The third-order valence-electron chi connectivity index (χ3n) is 2.73. The fourth-order valence-corrected chi connectivity index (χ4v) is 3.47. The zero-order valence-electron chi connectivity index (χ0n) is 11.0. The van der Waals surface area contributed by atoms with Crippen LogP contribution in [0.1, 0.15) is 11.3 Å². The van der Waals surface area contributed by atoms with Crippen molar-refractivity contribution >= 4 is 31.6 Å². The Labute approximate surface area is 125 Å². The fraction of sp³-hybridized carbons (Fsp3) is 0.250. The van der Waals surface area contributed by atoms with Crippen molar-refractivity contribution in [1.82, 2.24) is 10.2 Å². The second-order valence-electron chi connectivity index (χ2n) is 4.16. The van der Waals surface area contributed by atoms with E-state index in [1.54, 1.807) is 26.2 Å². The molecule has 0 fully saturated rings. The Bertz CT molecular complexity index is 712. The molecule has 0 atom stereocenters. The molecule has 108 valence electrons. The van der Waals surface area contributed by atoms with Crippen LogP contribution in [0.2, 0.25) is 0 Å². The Kier molecular flexibility index (Phi) is 4.46. The average Bonchev–Trinajstić information content (AvgIpc) is 2.80. The molecule has 0 bridgehead atoms. The number of anilines is 1. The van der Waals surface area contributed by atoms with Crippen LogP contribution < -0.4 is 4.72 Å². The first kappa shape index (κ1) is 15.0. The van der Waals surface area contributed by atoms with Crippen LogP contribution in [0, 0.1) is 6.92 Å². The molecule has 2 N–H and O–H groups in total. The summed E-state index contributed by atoms with van der Waals surface area (Å²) in [7, 11) is -2.12. The monoisotopic (exact) mass is 359 g/mol. The molecule has 1 aromatic carbocycles. The van der Waals surface area contributed by atoms with Crippen molar-refractivity contribution in [3.8, 4) is 0 Å². The highest BCUT2D eigenvalue weighted by Crippen LogP contribution is 2.27. The average molecular weight is 360 g/mol. The number of halogens is 1. The second kappa shape index (κ2) is 5.94. The molecule has 0 unspecified atom stereocenters. The van der Waals surface area contributed by atoms with E-state index in [-0.39, 0.29) is 4.90 Å². The van der Waals surface area contributed by atoms with Crippen molar-refractivity contribution in [2.45, 2.75) is 18.4 Å². The minimum absolute atomic E-state index is 0.126. The van der Waals surface area contributed by atoms with Crippen LogP contribution in [0.15, 0.2) is 33.8 Å². The van der Waals surface area contributed by atoms with E-state index in [1.165, 1.54) is 6.20 Å². The van der Waals surface area contributed by atoms with Gasteiger partial charge in [0, 0.05) is 17.1 Å². The van der Waals surface area contributed by atoms with E-state index < -0.39 is 10.0 Å². The third kappa shape index (κ3) is 3.02. The molecule has 0 amide bonds. The number of benzene rings is 1. The summed E-state index contributed by atoms with van der Waals surface area (Å²) in [6.45, 7) is 1.95. The molecule has 2 rings (SSSR count). The van der Waals surface area contributed by atoms with Crippen molar-refractivity contribution in [2.24, 2.45) is 0 Å². The summed E-state index contributed by atoms with van der Waals surface area (Å²) >= 11 is 3.39. The highest BCUT2D eigenvalue weighted by molar-refractivity contribution is 9.10. The number of aromatic nitrogens is 2. The number of methoxy groups -OCH3 is 1. The Hall–Kier alpha value is -1.38. The van der Waals surface area contributed by atoms with Crippen LogP contribution >= 0.6 is 15.9 Å². The number of hydrogen-bond donors (Lipinski definition) is 2. The van der Waals surface area contributed by atoms with Crippen molar-refractivity contribution in [3.05, 3.63) is 40.1 Å². The van der Waals surface area contributed by atoms with Gasteiger partial charge in [0.2, 0.25) is 0 Å². The van der Waals surface area contributed by atoms with Crippen LogP contribution in [0.25, 0.3) is 0 Å². The normalized spacial score (nSPS) is 11.6. The minimum atomic E-state index is -3.68. The molecule has 0 aliphatic rings. The predicted molar refractivity (Wildman–Crippen MR) is 79.0 cm³/mol. The summed E-state index contributed by atoms with van der Waals surface area (Å²) in [5.41, 5.74) is 1.70. The number of H-pyrrole nitrogens is 1. The van der Waals surface area contributed by atoms with Gasteiger partial charge in [-0.25, -0.2) is 8.42 Å². The number of hydrogen-bond acceptors (Lipinski definition) is 4. The molecule has 0 saturated heterocycles. The van der Waals surface area contributed by atoms with Crippen LogP contribution in [-0.2, 0) is 21.4 Å². The summed E-state index contributed by atoms with van der Waals surface area (Å²) in [6, 6.07) is 5.27. The summed E-state index contributed by atoms with van der Waals surface area (Å²) in [5, 5.41) is 6.34. The molecule has 0 radical (unpaired) electrons. The lowest BCUT2D eigenvalue weighted by molar-refractivity contribution is 0.185. The van der Waals surface area contributed by atoms with Crippen molar-refractivity contribution in [1.29, 1.82) is 0 Å². The lowest BCUT2D eigenvalue weighted by atomic mass is 10.2. The number of nitrogens with one attached hydrogen (secondary N) is 2. The Balaban J connectivity index is 2.40. The molecule has 2 aromatic rings. The van der Waals surface area contributed by atoms with Crippen LogP contribution in [-0.4, -0.2) is 25.7 Å². The maximum atomic E-state index is 12.3. The molecule has 8 heteroatoms. The molecule has 1 aromatic heterocycles. The van der Waals surface area contributed by atoms with Gasteiger partial charge in [0.25, 0.3) is 10.0 Å². The second-order valence-corrected chi connectivity index (χ2v) is 6.67. The summed E-state index contributed by atoms with van der Waals surface area (Å²) in [5.74, 6) is 0. The highest BCUT2D eigenvalue weighted by Gasteiger charge is 2.20. The van der Waals surface area contributed by atoms with E-state index in [0.717, 1.165) is 10.0 Å². The number of aromatic amines is 1. The first-order chi connectivity index (χ1) is 9.45. The molecule has 1 heterocycles. The lowest BCUT2D eigenvalue weighted by Gasteiger charge is -2.13. The molecular weight excluding hydrogens is 346 g/mol.